The largest absolute Gasteiger partial charge is 0.448 e. The molecule has 0 saturated carbocycles. The van der Waals surface area contributed by atoms with Crippen molar-refractivity contribution in [3.63, 3.8) is 0 Å². The monoisotopic (exact) mass is 357 g/mol. The number of carbonyl (C=O) groups excluding carboxylic acids is 1. The molecule has 2 aromatic heterocycles. The van der Waals surface area contributed by atoms with Crippen molar-refractivity contribution in [1.82, 2.24) is 24.6 Å². The molecule has 0 spiro atoms. The van der Waals surface area contributed by atoms with Crippen molar-refractivity contribution in [2.24, 2.45) is 0 Å². The minimum Gasteiger partial charge on any atom is -0.448 e. The highest BCUT2D eigenvalue weighted by atomic mass is 35.5. The smallest absolute Gasteiger partial charge is 0.246 e. The van der Waals surface area contributed by atoms with Crippen LogP contribution in [-0.4, -0.2) is 30.6 Å². The lowest BCUT2D eigenvalue weighted by Gasteiger charge is -2.32. The maximum atomic E-state index is 12.9. The van der Waals surface area contributed by atoms with Gasteiger partial charge in [-0.05, 0) is 25.5 Å². The second-order valence-corrected chi connectivity index (χ2v) is 6.44. The topological polar surface area (TPSA) is 77.0 Å². The molecule has 0 N–H and O–H groups in total. The number of benzene rings is 1. The summed E-state index contributed by atoms with van der Waals surface area (Å²) in [4.78, 5) is 18.8. The summed E-state index contributed by atoms with van der Waals surface area (Å²) in [6.45, 7) is 4.46. The lowest BCUT2D eigenvalue weighted by atomic mass is 10.1. The molecule has 128 valence electrons. The molecule has 0 unspecified atom stereocenters. The van der Waals surface area contributed by atoms with Gasteiger partial charge in [-0.1, -0.05) is 29.8 Å². The molecule has 3 heterocycles. The third-order valence-corrected chi connectivity index (χ3v) is 4.80. The predicted molar refractivity (Wildman–Crippen MR) is 90.7 cm³/mol. The zero-order valence-electron chi connectivity index (χ0n) is 13.8. The van der Waals surface area contributed by atoms with Crippen LogP contribution in [0.25, 0.3) is 11.5 Å². The van der Waals surface area contributed by atoms with Gasteiger partial charge in [-0.3, -0.25) is 9.36 Å². The summed E-state index contributed by atoms with van der Waals surface area (Å²) in [5, 5.41) is 9.14. The first-order valence-electron chi connectivity index (χ1n) is 7.92. The van der Waals surface area contributed by atoms with Crippen molar-refractivity contribution in [3.8, 4) is 11.5 Å². The van der Waals surface area contributed by atoms with Gasteiger partial charge in [0.25, 0.3) is 0 Å². The van der Waals surface area contributed by atoms with Gasteiger partial charge in [0, 0.05) is 11.6 Å². The van der Waals surface area contributed by atoms with Crippen LogP contribution in [-0.2, 0) is 17.9 Å². The Morgan fingerprint density at radius 1 is 1.32 bits per heavy atom. The van der Waals surface area contributed by atoms with Crippen molar-refractivity contribution in [3.05, 3.63) is 52.8 Å². The van der Waals surface area contributed by atoms with Crippen molar-refractivity contribution in [2.45, 2.75) is 33.0 Å². The molecule has 3 aromatic rings. The molecule has 0 aliphatic carbocycles. The summed E-state index contributed by atoms with van der Waals surface area (Å²) in [6.07, 6.45) is 1.37. The van der Waals surface area contributed by atoms with Crippen LogP contribution < -0.4 is 0 Å². The minimum absolute atomic E-state index is 0.00498. The van der Waals surface area contributed by atoms with Gasteiger partial charge in [-0.25, -0.2) is 4.98 Å². The molecule has 1 aliphatic rings. The Hall–Kier alpha value is -2.67. The fraction of sp³-hybridized carbons (Fsp3) is 0.294. The number of carbonyl (C=O) groups is 1. The molecule has 7 nitrogen and oxygen atoms in total. The van der Waals surface area contributed by atoms with Crippen LogP contribution >= 0.6 is 11.6 Å². The van der Waals surface area contributed by atoms with E-state index in [0.717, 1.165) is 11.4 Å². The molecule has 1 aromatic carbocycles. The van der Waals surface area contributed by atoms with E-state index < -0.39 is 6.04 Å². The van der Waals surface area contributed by atoms with Gasteiger partial charge in [0.15, 0.2) is 18.0 Å². The Kier molecular flexibility index (Phi) is 3.80. The zero-order chi connectivity index (χ0) is 17.6. The summed E-state index contributed by atoms with van der Waals surface area (Å²) in [6, 6.07) is 7.10. The summed E-state index contributed by atoms with van der Waals surface area (Å²) in [7, 11) is 0. The summed E-state index contributed by atoms with van der Waals surface area (Å²) >= 11 is 6.23. The number of aryl methyl sites for hydroxylation is 1. The molecular formula is C17H16ClN5O2. The highest BCUT2D eigenvalue weighted by molar-refractivity contribution is 6.31. The van der Waals surface area contributed by atoms with Gasteiger partial charge in [-0.15, -0.1) is 10.2 Å². The zero-order valence-corrected chi connectivity index (χ0v) is 14.6. The molecule has 25 heavy (non-hydrogen) atoms. The SMILES string of the molecule is Cc1ocnc1-c1nnc2n1[C@@H](C)C(=O)N(Cc1ccccc1Cl)C2. The van der Waals surface area contributed by atoms with E-state index in [4.69, 9.17) is 16.0 Å². The van der Waals surface area contributed by atoms with Gasteiger partial charge in [-0.2, -0.15) is 0 Å². The summed E-state index contributed by atoms with van der Waals surface area (Å²) in [5.41, 5.74) is 1.52. The number of fused-ring (bicyclic) bond motifs is 1. The molecule has 0 radical (unpaired) electrons. The lowest BCUT2D eigenvalue weighted by Crippen LogP contribution is -2.41. The predicted octanol–water partition coefficient (Wildman–Crippen LogP) is 3.00. The second kappa shape index (κ2) is 6.00. The Bertz CT molecular complexity index is 948. The fourth-order valence-corrected chi connectivity index (χ4v) is 3.30. The number of rotatable bonds is 3. The van der Waals surface area contributed by atoms with Gasteiger partial charge in [0.1, 0.15) is 17.5 Å². The minimum atomic E-state index is -0.424. The van der Waals surface area contributed by atoms with Crippen molar-refractivity contribution < 1.29 is 9.21 Å². The normalized spacial score (nSPS) is 17.0. The Morgan fingerprint density at radius 2 is 2.12 bits per heavy atom. The molecule has 0 fully saturated rings. The van der Waals surface area contributed by atoms with Crippen LogP contribution in [0.5, 0.6) is 0 Å². The molecule has 1 aliphatic heterocycles. The average Bonchev–Trinajstić information content (AvgIpc) is 3.20. The lowest BCUT2D eigenvalue weighted by molar-refractivity contribution is -0.137. The van der Waals surface area contributed by atoms with Gasteiger partial charge in [0.2, 0.25) is 5.91 Å². The van der Waals surface area contributed by atoms with Crippen LogP contribution in [0.2, 0.25) is 5.02 Å². The van der Waals surface area contributed by atoms with E-state index in [-0.39, 0.29) is 5.91 Å². The van der Waals surface area contributed by atoms with Crippen LogP contribution in [0.3, 0.4) is 0 Å². The van der Waals surface area contributed by atoms with E-state index in [1.54, 1.807) is 4.90 Å². The van der Waals surface area contributed by atoms with Crippen molar-refractivity contribution >= 4 is 17.5 Å². The van der Waals surface area contributed by atoms with E-state index in [1.807, 2.05) is 42.7 Å². The first-order valence-corrected chi connectivity index (χ1v) is 8.30. The summed E-state index contributed by atoms with van der Waals surface area (Å²) < 4.78 is 7.08. The number of halogens is 1. The van der Waals surface area contributed by atoms with E-state index >= 15 is 0 Å². The molecular weight excluding hydrogens is 342 g/mol. The fourth-order valence-electron chi connectivity index (χ4n) is 3.11. The highest BCUT2D eigenvalue weighted by Gasteiger charge is 2.34. The third kappa shape index (κ3) is 2.60. The first-order chi connectivity index (χ1) is 12.1. The van der Waals surface area contributed by atoms with Crippen LogP contribution in [0.4, 0.5) is 0 Å². The maximum absolute atomic E-state index is 12.9. The third-order valence-electron chi connectivity index (χ3n) is 4.43. The van der Waals surface area contributed by atoms with Crippen LogP contribution in [0.1, 0.15) is 30.1 Å². The number of oxazole rings is 1. The number of hydrogen-bond donors (Lipinski definition) is 0. The standard InChI is InChI=1S/C17H16ClN5O2/c1-10-17(24)22(7-12-5-3-4-6-13(12)18)8-14-20-21-16(23(10)14)15-11(2)25-9-19-15/h3-6,9-10H,7-8H2,1-2H3/t10-/m0/s1. The van der Waals surface area contributed by atoms with Crippen molar-refractivity contribution in [1.29, 1.82) is 0 Å². The Morgan fingerprint density at radius 3 is 2.84 bits per heavy atom. The molecule has 1 atom stereocenters. The maximum Gasteiger partial charge on any atom is 0.246 e. The van der Waals surface area contributed by atoms with E-state index in [0.29, 0.717) is 35.4 Å². The number of nitrogens with zero attached hydrogens (tertiary/aromatic N) is 5. The van der Waals surface area contributed by atoms with Crippen LogP contribution in [0.15, 0.2) is 35.1 Å². The molecule has 0 bridgehead atoms. The molecule has 0 saturated heterocycles. The van der Waals surface area contributed by atoms with E-state index in [1.165, 1.54) is 6.39 Å². The number of amides is 1. The first kappa shape index (κ1) is 15.8. The van der Waals surface area contributed by atoms with E-state index in [9.17, 15) is 4.79 Å². The molecule has 4 rings (SSSR count). The van der Waals surface area contributed by atoms with E-state index in [2.05, 4.69) is 15.2 Å². The van der Waals surface area contributed by atoms with Crippen LogP contribution in [0, 0.1) is 6.92 Å². The Balaban J connectivity index is 1.68. The van der Waals surface area contributed by atoms with Gasteiger partial charge < -0.3 is 9.32 Å². The van der Waals surface area contributed by atoms with Gasteiger partial charge in [0.05, 0.1) is 6.54 Å². The molecule has 8 heteroatoms. The summed E-state index contributed by atoms with van der Waals surface area (Å²) in [5.74, 6) is 1.92. The average molecular weight is 358 g/mol. The number of hydrogen-bond acceptors (Lipinski definition) is 5. The quantitative estimate of drug-likeness (QED) is 0.720. The molecule has 1 amide bonds. The van der Waals surface area contributed by atoms with Crippen molar-refractivity contribution in [2.75, 3.05) is 0 Å². The van der Waals surface area contributed by atoms with Gasteiger partial charge >= 0.3 is 0 Å². The number of aromatic nitrogens is 4. The second-order valence-electron chi connectivity index (χ2n) is 6.03. The highest BCUT2D eigenvalue weighted by Crippen LogP contribution is 2.30. The Labute approximate surface area is 149 Å².